The lowest BCUT2D eigenvalue weighted by atomic mass is 10.0. The van der Waals surface area contributed by atoms with Crippen molar-refractivity contribution in [3.05, 3.63) is 0 Å². The molecule has 0 spiro atoms. The number of rotatable bonds is 3. The van der Waals surface area contributed by atoms with Crippen molar-refractivity contribution in [2.24, 2.45) is 0 Å². The summed E-state index contributed by atoms with van der Waals surface area (Å²) in [6.07, 6.45) is 0.700. The number of nitrogens with one attached hydrogen (secondary N) is 1. The zero-order chi connectivity index (χ0) is 14.7. The molecule has 1 fully saturated rings. The van der Waals surface area contributed by atoms with Gasteiger partial charge in [-0.25, -0.2) is 13.6 Å². The number of piperidine rings is 1. The number of nitrogens with zero attached hydrogens (tertiary/aromatic N) is 1. The van der Waals surface area contributed by atoms with Crippen molar-refractivity contribution >= 4 is 6.09 Å². The van der Waals surface area contributed by atoms with E-state index in [9.17, 15) is 13.6 Å². The van der Waals surface area contributed by atoms with Crippen molar-refractivity contribution in [2.45, 2.75) is 58.1 Å². The molecule has 4 nitrogen and oxygen atoms in total. The molecule has 0 aromatic heterocycles. The van der Waals surface area contributed by atoms with Gasteiger partial charge in [-0.15, -0.1) is 0 Å². The molecule has 1 aliphatic heterocycles. The van der Waals surface area contributed by atoms with E-state index < -0.39 is 24.2 Å². The first-order chi connectivity index (χ1) is 8.58. The number of ether oxygens (including phenoxy) is 1. The molecule has 0 bridgehead atoms. The van der Waals surface area contributed by atoms with Gasteiger partial charge in [-0.05, 0) is 46.7 Å². The molecule has 1 N–H and O–H groups in total. The molecule has 1 saturated heterocycles. The summed E-state index contributed by atoms with van der Waals surface area (Å²) in [5.41, 5.74) is -0.675. The minimum Gasteiger partial charge on any atom is -0.444 e. The lowest BCUT2D eigenvalue weighted by Crippen LogP contribution is -2.51. The standard InChI is InChI=1S/C13H24F2N2O2/c1-12(2,3)19-11(18)17(9-13(4,14)15)10-5-7-16-8-6-10/h10,16H,5-9H2,1-4H3. The van der Waals surface area contributed by atoms with Crippen molar-refractivity contribution in [3.8, 4) is 0 Å². The van der Waals surface area contributed by atoms with E-state index in [1.165, 1.54) is 4.90 Å². The van der Waals surface area contributed by atoms with Gasteiger partial charge in [-0.1, -0.05) is 0 Å². The monoisotopic (exact) mass is 278 g/mol. The first-order valence-electron chi connectivity index (χ1n) is 6.67. The van der Waals surface area contributed by atoms with Gasteiger partial charge in [0, 0.05) is 13.0 Å². The molecule has 0 atom stereocenters. The summed E-state index contributed by atoms with van der Waals surface area (Å²) in [6, 6.07) is -0.179. The van der Waals surface area contributed by atoms with Crippen LogP contribution in [0.3, 0.4) is 0 Å². The average Bonchev–Trinajstić information content (AvgIpc) is 2.23. The molecule has 6 heteroatoms. The second-order valence-electron chi connectivity index (χ2n) is 6.16. The van der Waals surface area contributed by atoms with E-state index in [2.05, 4.69) is 5.32 Å². The zero-order valence-corrected chi connectivity index (χ0v) is 12.1. The molecule has 1 heterocycles. The van der Waals surface area contributed by atoms with Crippen LogP contribution in [0.1, 0.15) is 40.5 Å². The minimum atomic E-state index is -2.91. The fourth-order valence-electron chi connectivity index (χ4n) is 2.08. The lowest BCUT2D eigenvalue weighted by molar-refractivity contribution is -0.0432. The van der Waals surface area contributed by atoms with Gasteiger partial charge < -0.3 is 10.1 Å². The first-order valence-corrected chi connectivity index (χ1v) is 6.67. The highest BCUT2D eigenvalue weighted by atomic mass is 19.3. The Morgan fingerprint density at radius 3 is 2.21 bits per heavy atom. The number of carbonyl (C=O) groups is 1. The molecular formula is C13H24F2N2O2. The fourth-order valence-corrected chi connectivity index (χ4v) is 2.08. The largest absolute Gasteiger partial charge is 0.444 e. The normalized spacial score (nSPS) is 18.2. The molecule has 1 rings (SSSR count). The molecule has 1 amide bonds. The molecule has 0 saturated carbocycles. The predicted molar refractivity (Wildman–Crippen MR) is 69.5 cm³/mol. The van der Waals surface area contributed by atoms with Gasteiger partial charge in [0.2, 0.25) is 0 Å². The van der Waals surface area contributed by atoms with Crippen LogP contribution in [0.15, 0.2) is 0 Å². The van der Waals surface area contributed by atoms with Crippen LogP contribution in [-0.4, -0.2) is 48.2 Å². The number of hydrogen-bond donors (Lipinski definition) is 1. The molecule has 0 radical (unpaired) electrons. The van der Waals surface area contributed by atoms with Gasteiger partial charge in [-0.2, -0.15) is 0 Å². The van der Waals surface area contributed by atoms with E-state index in [0.717, 1.165) is 20.0 Å². The van der Waals surface area contributed by atoms with Crippen molar-refractivity contribution in [1.82, 2.24) is 10.2 Å². The number of halogens is 2. The van der Waals surface area contributed by atoms with Crippen LogP contribution in [0.2, 0.25) is 0 Å². The molecule has 0 unspecified atom stereocenters. The molecule has 19 heavy (non-hydrogen) atoms. The molecule has 0 aliphatic carbocycles. The fraction of sp³-hybridized carbons (Fsp3) is 0.923. The van der Waals surface area contributed by atoms with Crippen LogP contribution in [0, 0.1) is 0 Å². The summed E-state index contributed by atoms with van der Waals surface area (Å²) in [6.45, 7) is 6.90. The van der Waals surface area contributed by atoms with E-state index >= 15 is 0 Å². The maximum Gasteiger partial charge on any atom is 0.410 e. The topological polar surface area (TPSA) is 41.6 Å². The van der Waals surface area contributed by atoms with Crippen LogP contribution < -0.4 is 5.32 Å². The summed E-state index contributed by atoms with van der Waals surface area (Å²) < 4.78 is 31.7. The van der Waals surface area contributed by atoms with Crippen molar-refractivity contribution in [1.29, 1.82) is 0 Å². The van der Waals surface area contributed by atoms with Crippen LogP contribution in [-0.2, 0) is 4.74 Å². The third-order valence-electron chi connectivity index (χ3n) is 2.83. The molecular weight excluding hydrogens is 254 g/mol. The second kappa shape index (κ2) is 6.03. The Balaban J connectivity index is 2.76. The Morgan fingerprint density at radius 2 is 1.79 bits per heavy atom. The number of carbonyl (C=O) groups excluding carboxylic acids is 1. The smallest absolute Gasteiger partial charge is 0.410 e. The van der Waals surface area contributed by atoms with Gasteiger partial charge in [0.05, 0.1) is 6.54 Å². The summed E-state index contributed by atoms with van der Waals surface area (Å²) in [5.74, 6) is -2.91. The first kappa shape index (κ1) is 16.1. The van der Waals surface area contributed by atoms with Gasteiger partial charge >= 0.3 is 6.09 Å². The Labute approximate surface area is 113 Å². The van der Waals surface area contributed by atoms with E-state index in [-0.39, 0.29) is 6.04 Å². The third-order valence-corrected chi connectivity index (χ3v) is 2.83. The van der Waals surface area contributed by atoms with Gasteiger partial charge in [0.1, 0.15) is 5.60 Å². The van der Waals surface area contributed by atoms with Gasteiger partial charge in [0.25, 0.3) is 5.92 Å². The van der Waals surface area contributed by atoms with Crippen molar-refractivity contribution < 1.29 is 18.3 Å². The predicted octanol–water partition coefficient (Wildman–Crippen LogP) is 2.63. The van der Waals surface area contributed by atoms with Gasteiger partial charge in [0.15, 0.2) is 0 Å². The minimum absolute atomic E-state index is 0.179. The van der Waals surface area contributed by atoms with Crippen LogP contribution in [0.25, 0.3) is 0 Å². The quantitative estimate of drug-likeness (QED) is 0.863. The highest BCUT2D eigenvalue weighted by Gasteiger charge is 2.35. The second-order valence-corrected chi connectivity index (χ2v) is 6.16. The number of hydrogen-bond acceptors (Lipinski definition) is 3. The molecule has 0 aromatic carbocycles. The average molecular weight is 278 g/mol. The van der Waals surface area contributed by atoms with E-state index in [1.807, 2.05) is 0 Å². The Morgan fingerprint density at radius 1 is 1.26 bits per heavy atom. The summed E-state index contributed by atoms with van der Waals surface area (Å²) in [4.78, 5) is 13.3. The van der Waals surface area contributed by atoms with Crippen molar-refractivity contribution in [3.63, 3.8) is 0 Å². The molecule has 112 valence electrons. The lowest BCUT2D eigenvalue weighted by Gasteiger charge is -2.36. The summed E-state index contributed by atoms with van der Waals surface area (Å²) in [5, 5.41) is 3.15. The number of alkyl halides is 2. The maximum atomic E-state index is 13.3. The Bertz CT molecular complexity index is 305. The molecule has 1 aliphatic rings. The SMILES string of the molecule is CC(F)(F)CN(C(=O)OC(C)(C)C)C1CCNCC1. The van der Waals surface area contributed by atoms with E-state index in [1.54, 1.807) is 20.8 Å². The van der Waals surface area contributed by atoms with Crippen LogP contribution in [0.5, 0.6) is 0 Å². The summed E-state index contributed by atoms with van der Waals surface area (Å²) in [7, 11) is 0. The summed E-state index contributed by atoms with van der Waals surface area (Å²) >= 11 is 0. The third kappa shape index (κ3) is 6.18. The van der Waals surface area contributed by atoms with Crippen molar-refractivity contribution in [2.75, 3.05) is 19.6 Å². The van der Waals surface area contributed by atoms with Gasteiger partial charge in [-0.3, -0.25) is 4.90 Å². The Kier molecular flexibility index (Phi) is 5.12. The Hall–Kier alpha value is -0.910. The van der Waals surface area contributed by atoms with Crippen LogP contribution >= 0.6 is 0 Å². The maximum absolute atomic E-state index is 13.3. The zero-order valence-electron chi connectivity index (χ0n) is 12.1. The highest BCUT2D eigenvalue weighted by molar-refractivity contribution is 5.68. The van der Waals surface area contributed by atoms with Crippen LogP contribution in [0.4, 0.5) is 13.6 Å². The highest BCUT2D eigenvalue weighted by Crippen LogP contribution is 2.22. The number of amides is 1. The van der Waals surface area contributed by atoms with E-state index in [4.69, 9.17) is 4.74 Å². The molecule has 0 aromatic rings. The van der Waals surface area contributed by atoms with E-state index in [0.29, 0.717) is 12.8 Å².